The number of carbonyl (C=O) groups excluding carboxylic acids is 1. The summed E-state index contributed by atoms with van der Waals surface area (Å²) in [6.45, 7) is 0. The number of amides is 1. The van der Waals surface area contributed by atoms with Crippen molar-refractivity contribution in [2.75, 3.05) is 5.32 Å². The van der Waals surface area contributed by atoms with E-state index in [1.54, 1.807) is 6.07 Å². The van der Waals surface area contributed by atoms with Crippen molar-refractivity contribution < 1.29 is 4.79 Å². The van der Waals surface area contributed by atoms with E-state index in [-0.39, 0.29) is 5.91 Å². The molecule has 0 saturated carbocycles. The zero-order valence-corrected chi connectivity index (χ0v) is 6.48. The summed E-state index contributed by atoms with van der Waals surface area (Å²) in [5.41, 5.74) is 0.372. The second-order valence-electron chi connectivity index (χ2n) is 2.26. The van der Waals surface area contributed by atoms with Crippen LogP contribution < -0.4 is 5.32 Å². The van der Waals surface area contributed by atoms with Crippen molar-refractivity contribution in [2.24, 2.45) is 0 Å². The lowest BCUT2D eigenvalue weighted by molar-refractivity contribution is 0.102. The number of H-pyrrole nitrogens is 2. The molecule has 1 amide bonds. The van der Waals surface area contributed by atoms with Crippen molar-refractivity contribution in [1.82, 2.24) is 25.4 Å². The third kappa shape index (κ3) is 1.53. The van der Waals surface area contributed by atoms with Crippen LogP contribution in [-0.2, 0) is 0 Å². The fraction of sp³-hybridized carbons (Fsp3) is 0. The zero-order valence-electron chi connectivity index (χ0n) is 6.48. The lowest BCUT2D eigenvalue weighted by Crippen LogP contribution is -2.13. The average Bonchev–Trinajstić information content (AvgIpc) is 2.74. The van der Waals surface area contributed by atoms with Crippen molar-refractivity contribution in [3.8, 4) is 0 Å². The van der Waals surface area contributed by atoms with E-state index >= 15 is 0 Å². The van der Waals surface area contributed by atoms with E-state index in [0.29, 0.717) is 11.6 Å². The van der Waals surface area contributed by atoms with Crippen molar-refractivity contribution in [2.45, 2.75) is 0 Å². The Morgan fingerprint density at radius 2 is 2.31 bits per heavy atom. The number of anilines is 1. The third-order valence-electron chi connectivity index (χ3n) is 1.39. The number of aromatic amines is 2. The molecule has 3 N–H and O–H groups in total. The summed E-state index contributed by atoms with van der Waals surface area (Å²) in [7, 11) is 0. The minimum atomic E-state index is -0.311. The summed E-state index contributed by atoms with van der Waals surface area (Å²) in [5, 5.41) is 14.7. The van der Waals surface area contributed by atoms with E-state index in [1.807, 2.05) is 0 Å². The van der Waals surface area contributed by atoms with Crippen LogP contribution in [0.3, 0.4) is 0 Å². The predicted molar refractivity (Wildman–Crippen MR) is 42.9 cm³/mol. The van der Waals surface area contributed by atoms with Crippen molar-refractivity contribution in [3.05, 3.63) is 24.3 Å². The van der Waals surface area contributed by atoms with Crippen LogP contribution in [0, 0.1) is 0 Å². The number of hydrogen-bond donors (Lipinski definition) is 3. The standard InChI is InChI=1S/C6H6N6O/c13-5(4-1-2-8-11-4)10-6-7-3-9-12-6/h1-3H,(H,8,11)(H2,7,9,10,12,13). The molecule has 0 spiro atoms. The van der Waals surface area contributed by atoms with Gasteiger partial charge in [-0.1, -0.05) is 0 Å². The molecule has 0 aliphatic carbocycles. The molecule has 0 atom stereocenters. The number of aromatic nitrogens is 5. The third-order valence-corrected chi connectivity index (χ3v) is 1.39. The van der Waals surface area contributed by atoms with Gasteiger partial charge in [-0.15, -0.1) is 0 Å². The molecule has 2 rings (SSSR count). The maximum absolute atomic E-state index is 11.3. The van der Waals surface area contributed by atoms with Gasteiger partial charge in [-0.05, 0) is 6.07 Å². The molecule has 0 aromatic carbocycles. The molecule has 66 valence electrons. The molecule has 2 aromatic heterocycles. The zero-order chi connectivity index (χ0) is 9.10. The SMILES string of the molecule is O=C(Nc1ncn[nH]1)c1ccn[nH]1. The van der Waals surface area contributed by atoms with Crippen molar-refractivity contribution in [3.63, 3.8) is 0 Å². The molecule has 0 aliphatic rings. The maximum atomic E-state index is 11.3. The topological polar surface area (TPSA) is 99.3 Å². The number of hydrogen-bond acceptors (Lipinski definition) is 4. The Hall–Kier alpha value is -2.18. The van der Waals surface area contributed by atoms with Crippen LogP contribution in [0.15, 0.2) is 18.6 Å². The van der Waals surface area contributed by atoms with Gasteiger partial charge in [-0.2, -0.15) is 15.2 Å². The lowest BCUT2D eigenvalue weighted by atomic mass is 10.4. The first-order chi connectivity index (χ1) is 6.36. The summed E-state index contributed by atoms with van der Waals surface area (Å²) >= 11 is 0. The highest BCUT2D eigenvalue weighted by Gasteiger charge is 2.07. The second kappa shape index (κ2) is 3.05. The van der Waals surface area contributed by atoms with Gasteiger partial charge in [0.15, 0.2) is 0 Å². The fourth-order valence-corrected chi connectivity index (χ4v) is 0.823. The first kappa shape index (κ1) is 7.47. The molecule has 2 heterocycles. The highest BCUT2D eigenvalue weighted by molar-refractivity contribution is 6.01. The summed E-state index contributed by atoms with van der Waals surface area (Å²) in [5.74, 6) is -0.00569. The van der Waals surface area contributed by atoms with Crippen LogP contribution in [0.2, 0.25) is 0 Å². The lowest BCUT2D eigenvalue weighted by Gasteiger charge is -1.96. The van der Waals surface area contributed by atoms with Crippen molar-refractivity contribution >= 4 is 11.9 Å². The Balaban J connectivity index is 2.08. The molecular weight excluding hydrogens is 172 g/mol. The highest BCUT2D eigenvalue weighted by atomic mass is 16.2. The monoisotopic (exact) mass is 178 g/mol. The average molecular weight is 178 g/mol. The smallest absolute Gasteiger partial charge is 0.276 e. The van der Waals surface area contributed by atoms with Crippen LogP contribution in [-0.4, -0.2) is 31.3 Å². The first-order valence-corrected chi connectivity index (χ1v) is 3.52. The second-order valence-corrected chi connectivity index (χ2v) is 2.26. The molecule has 0 saturated heterocycles. The number of carbonyl (C=O) groups is 1. The van der Waals surface area contributed by atoms with Gasteiger partial charge in [0.2, 0.25) is 5.95 Å². The molecule has 7 heteroatoms. The van der Waals surface area contributed by atoms with E-state index < -0.39 is 0 Å². The normalized spacial score (nSPS) is 9.85. The van der Waals surface area contributed by atoms with Gasteiger partial charge in [0.05, 0.1) is 0 Å². The predicted octanol–water partition coefficient (Wildman–Crippen LogP) is -0.220. The molecular formula is C6H6N6O. The minimum absolute atomic E-state index is 0.305. The quantitative estimate of drug-likeness (QED) is 0.591. The molecule has 0 aliphatic heterocycles. The molecule has 7 nitrogen and oxygen atoms in total. The van der Waals surface area contributed by atoms with E-state index in [1.165, 1.54) is 12.5 Å². The van der Waals surface area contributed by atoms with Crippen LogP contribution in [0.4, 0.5) is 5.95 Å². The molecule has 0 radical (unpaired) electrons. The molecule has 0 bridgehead atoms. The minimum Gasteiger partial charge on any atom is -0.289 e. The van der Waals surface area contributed by atoms with Crippen LogP contribution in [0.1, 0.15) is 10.5 Å². The Morgan fingerprint density at radius 1 is 1.38 bits per heavy atom. The molecule has 0 unspecified atom stereocenters. The highest BCUT2D eigenvalue weighted by Crippen LogP contribution is 1.97. The van der Waals surface area contributed by atoms with Crippen LogP contribution in [0.5, 0.6) is 0 Å². The molecule has 0 fully saturated rings. The first-order valence-electron chi connectivity index (χ1n) is 3.52. The molecule has 13 heavy (non-hydrogen) atoms. The Kier molecular flexibility index (Phi) is 1.75. The number of nitrogens with zero attached hydrogens (tertiary/aromatic N) is 3. The van der Waals surface area contributed by atoms with Gasteiger partial charge < -0.3 is 0 Å². The van der Waals surface area contributed by atoms with Gasteiger partial charge in [-0.25, -0.2) is 5.10 Å². The summed E-state index contributed by atoms with van der Waals surface area (Å²) in [6, 6.07) is 1.56. The maximum Gasteiger partial charge on any atom is 0.276 e. The van der Waals surface area contributed by atoms with E-state index in [0.717, 1.165) is 0 Å². The largest absolute Gasteiger partial charge is 0.289 e. The van der Waals surface area contributed by atoms with Gasteiger partial charge >= 0.3 is 0 Å². The van der Waals surface area contributed by atoms with E-state index in [2.05, 4.69) is 30.7 Å². The van der Waals surface area contributed by atoms with Gasteiger partial charge in [0, 0.05) is 6.20 Å². The number of nitrogens with one attached hydrogen (secondary N) is 3. The van der Waals surface area contributed by atoms with Gasteiger partial charge in [0.1, 0.15) is 12.0 Å². The number of rotatable bonds is 2. The van der Waals surface area contributed by atoms with Gasteiger partial charge in [-0.3, -0.25) is 15.2 Å². The summed E-state index contributed by atoms with van der Waals surface area (Å²) < 4.78 is 0. The summed E-state index contributed by atoms with van der Waals surface area (Å²) in [4.78, 5) is 15.0. The van der Waals surface area contributed by atoms with E-state index in [9.17, 15) is 4.79 Å². The Bertz CT molecular complexity index is 377. The molecule has 2 aromatic rings. The van der Waals surface area contributed by atoms with Crippen molar-refractivity contribution in [1.29, 1.82) is 0 Å². The van der Waals surface area contributed by atoms with E-state index in [4.69, 9.17) is 0 Å². The van der Waals surface area contributed by atoms with Crippen LogP contribution >= 0.6 is 0 Å². The Morgan fingerprint density at radius 3 is 2.92 bits per heavy atom. The Labute approximate surface area is 72.6 Å². The van der Waals surface area contributed by atoms with Gasteiger partial charge in [0.25, 0.3) is 5.91 Å². The van der Waals surface area contributed by atoms with Crippen LogP contribution in [0.25, 0.3) is 0 Å². The summed E-state index contributed by atoms with van der Waals surface area (Å²) in [6.07, 6.45) is 2.80. The fourth-order valence-electron chi connectivity index (χ4n) is 0.823.